The highest BCUT2D eigenvalue weighted by Gasteiger charge is 2.34. The number of nitrogens with one attached hydrogen (secondary N) is 1. The number of carboxylic acid groups (broad SMARTS) is 1. The smallest absolute Gasteiger partial charge is 0.169 e. The van der Waals surface area contributed by atoms with Crippen LogP contribution in [-0.2, 0) is 4.79 Å². The molecule has 0 radical (unpaired) electrons. The molecular formula is C12H19N2O3S-. The van der Waals surface area contributed by atoms with Gasteiger partial charge in [-0.05, 0) is 25.1 Å². The second-order valence-corrected chi connectivity index (χ2v) is 5.55. The van der Waals surface area contributed by atoms with Crippen LogP contribution in [0.2, 0.25) is 0 Å². The monoisotopic (exact) mass is 271 g/mol. The molecule has 2 aliphatic rings. The van der Waals surface area contributed by atoms with Crippen molar-refractivity contribution in [1.29, 1.82) is 0 Å². The number of carbonyl (C=O) groups is 1. The van der Waals surface area contributed by atoms with Crippen molar-refractivity contribution in [1.82, 2.24) is 10.2 Å². The molecule has 0 bridgehead atoms. The molecule has 2 unspecified atom stereocenters. The number of aliphatic hydroxyl groups excluding tert-OH is 1. The second-order valence-electron chi connectivity index (χ2n) is 5.16. The summed E-state index contributed by atoms with van der Waals surface area (Å²) in [6.45, 7) is 0.275. The van der Waals surface area contributed by atoms with Crippen molar-refractivity contribution in [2.75, 3.05) is 6.54 Å². The van der Waals surface area contributed by atoms with Crippen molar-refractivity contribution in [3.8, 4) is 0 Å². The lowest BCUT2D eigenvalue weighted by molar-refractivity contribution is -0.310. The molecule has 6 heteroatoms. The minimum Gasteiger partial charge on any atom is -0.548 e. The fraction of sp³-hybridized carbons (Fsp3) is 0.833. The van der Waals surface area contributed by atoms with Crippen LogP contribution in [0.3, 0.4) is 0 Å². The van der Waals surface area contributed by atoms with Crippen LogP contribution < -0.4 is 10.4 Å². The topological polar surface area (TPSA) is 75.6 Å². The zero-order valence-corrected chi connectivity index (χ0v) is 11.1. The van der Waals surface area contributed by atoms with E-state index in [0.29, 0.717) is 11.2 Å². The number of nitrogens with zero attached hydrogens (tertiary/aromatic N) is 1. The van der Waals surface area contributed by atoms with E-state index < -0.39 is 18.1 Å². The van der Waals surface area contributed by atoms with E-state index in [1.54, 1.807) is 4.90 Å². The van der Waals surface area contributed by atoms with E-state index in [4.69, 9.17) is 12.2 Å². The number of aliphatic carboxylic acids is 1. The Kier molecular flexibility index (Phi) is 4.40. The van der Waals surface area contributed by atoms with E-state index in [9.17, 15) is 15.0 Å². The molecule has 1 saturated carbocycles. The summed E-state index contributed by atoms with van der Waals surface area (Å²) in [5, 5.41) is 24.2. The molecule has 2 rings (SSSR count). The average molecular weight is 271 g/mol. The SMILES string of the molecule is O=C([O-])C1CC(O)CN1C(=S)NC1CCCCC1. The minimum absolute atomic E-state index is 0.189. The van der Waals surface area contributed by atoms with Crippen LogP contribution in [0.4, 0.5) is 0 Å². The molecule has 1 aliphatic carbocycles. The van der Waals surface area contributed by atoms with Crippen LogP contribution >= 0.6 is 12.2 Å². The molecule has 5 nitrogen and oxygen atoms in total. The van der Waals surface area contributed by atoms with Gasteiger partial charge in [0.1, 0.15) is 0 Å². The van der Waals surface area contributed by atoms with Crippen LogP contribution in [0.5, 0.6) is 0 Å². The van der Waals surface area contributed by atoms with Gasteiger partial charge in [0, 0.05) is 19.0 Å². The van der Waals surface area contributed by atoms with Gasteiger partial charge in [-0.1, -0.05) is 19.3 Å². The molecule has 102 valence electrons. The highest BCUT2D eigenvalue weighted by Crippen LogP contribution is 2.20. The van der Waals surface area contributed by atoms with Gasteiger partial charge in [0.25, 0.3) is 0 Å². The van der Waals surface area contributed by atoms with Crippen LogP contribution in [0.25, 0.3) is 0 Å². The third kappa shape index (κ3) is 3.11. The average Bonchev–Trinajstić information content (AvgIpc) is 2.73. The summed E-state index contributed by atoms with van der Waals surface area (Å²) in [7, 11) is 0. The van der Waals surface area contributed by atoms with Gasteiger partial charge in [0.2, 0.25) is 0 Å². The molecular weight excluding hydrogens is 252 g/mol. The van der Waals surface area contributed by atoms with Gasteiger partial charge in [-0.15, -0.1) is 0 Å². The van der Waals surface area contributed by atoms with E-state index in [2.05, 4.69) is 5.32 Å². The quantitative estimate of drug-likeness (QED) is 0.652. The van der Waals surface area contributed by atoms with Gasteiger partial charge in [-0.25, -0.2) is 0 Å². The van der Waals surface area contributed by atoms with Crippen molar-refractivity contribution in [2.24, 2.45) is 0 Å². The van der Waals surface area contributed by atoms with Crippen molar-refractivity contribution < 1.29 is 15.0 Å². The van der Waals surface area contributed by atoms with Crippen molar-refractivity contribution >= 4 is 23.3 Å². The summed E-state index contributed by atoms with van der Waals surface area (Å²) >= 11 is 5.26. The molecule has 0 aromatic heterocycles. The first-order valence-corrected chi connectivity index (χ1v) is 6.95. The molecule has 2 atom stereocenters. The molecule has 1 saturated heterocycles. The lowest BCUT2D eigenvalue weighted by Crippen LogP contribution is -2.52. The molecule has 0 aromatic carbocycles. The first-order chi connectivity index (χ1) is 8.58. The summed E-state index contributed by atoms with van der Waals surface area (Å²) in [6, 6.07) is -0.463. The number of thiocarbonyl (C=S) groups is 1. The van der Waals surface area contributed by atoms with Crippen LogP contribution in [0.15, 0.2) is 0 Å². The number of hydrogen-bond acceptors (Lipinski definition) is 4. The van der Waals surface area contributed by atoms with E-state index in [0.717, 1.165) is 12.8 Å². The lowest BCUT2D eigenvalue weighted by atomic mass is 9.96. The first kappa shape index (κ1) is 13.5. The number of aliphatic hydroxyl groups is 1. The fourth-order valence-electron chi connectivity index (χ4n) is 2.77. The van der Waals surface area contributed by atoms with E-state index >= 15 is 0 Å². The molecule has 0 amide bonds. The molecule has 1 heterocycles. The maximum absolute atomic E-state index is 11.0. The van der Waals surface area contributed by atoms with Crippen molar-refractivity contribution in [3.05, 3.63) is 0 Å². The predicted molar refractivity (Wildman–Crippen MR) is 68.7 cm³/mol. The maximum atomic E-state index is 11.0. The Bertz CT molecular complexity index is 331. The Hall–Kier alpha value is -0.880. The zero-order chi connectivity index (χ0) is 13.1. The van der Waals surface area contributed by atoms with Crippen molar-refractivity contribution in [2.45, 2.75) is 56.7 Å². The van der Waals surface area contributed by atoms with Crippen molar-refractivity contribution in [3.63, 3.8) is 0 Å². The van der Waals surface area contributed by atoms with E-state index in [-0.39, 0.29) is 13.0 Å². The van der Waals surface area contributed by atoms with Gasteiger partial charge in [-0.3, -0.25) is 0 Å². The van der Waals surface area contributed by atoms with E-state index in [1.165, 1.54) is 19.3 Å². The molecule has 0 aromatic rings. The van der Waals surface area contributed by atoms with Gasteiger partial charge in [0.05, 0.1) is 18.1 Å². The zero-order valence-electron chi connectivity index (χ0n) is 10.3. The predicted octanol–water partition coefficient (Wildman–Crippen LogP) is -0.621. The number of carbonyl (C=O) groups excluding carboxylic acids is 1. The highest BCUT2D eigenvalue weighted by atomic mass is 32.1. The Balaban J connectivity index is 1.92. The first-order valence-electron chi connectivity index (χ1n) is 6.54. The molecule has 2 N–H and O–H groups in total. The number of β-amino-alcohol motifs (C(OH)–C–C–N with tert-alkyl or cyclic N) is 1. The van der Waals surface area contributed by atoms with E-state index in [1.807, 2.05) is 0 Å². The summed E-state index contributed by atoms with van der Waals surface area (Å²) < 4.78 is 0. The maximum Gasteiger partial charge on any atom is 0.169 e. The Morgan fingerprint density at radius 3 is 2.61 bits per heavy atom. The summed E-state index contributed by atoms with van der Waals surface area (Å²) in [5.41, 5.74) is 0. The summed E-state index contributed by atoms with van der Waals surface area (Å²) in [6.07, 6.45) is 5.33. The second kappa shape index (κ2) is 5.84. The Morgan fingerprint density at radius 1 is 1.33 bits per heavy atom. The lowest BCUT2D eigenvalue weighted by Gasteiger charge is -2.32. The third-order valence-electron chi connectivity index (χ3n) is 3.74. The number of hydrogen-bond donors (Lipinski definition) is 2. The largest absolute Gasteiger partial charge is 0.548 e. The molecule has 18 heavy (non-hydrogen) atoms. The highest BCUT2D eigenvalue weighted by molar-refractivity contribution is 7.80. The van der Waals surface area contributed by atoms with Crippen LogP contribution in [0.1, 0.15) is 38.5 Å². The Morgan fingerprint density at radius 2 is 2.00 bits per heavy atom. The standard InChI is InChI=1S/C12H20N2O3S/c15-9-6-10(11(16)17)14(7-9)12(18)13-8-4-2-1-3-5-8/h8-10,15H,1-7H2,(H,13,18)(H,16,17)/p-1. The fourth-order valence-corrected chi connectivity index (χ4v) is 3.13. The van der Waals surface area contributed by atoms with Gasteiger partial charge in [0.15, 0.2) is 5.11 Å². The summed E-state index contributed by atoms with van der Waals surface area (Å²) in [5.74, 6) is -1.17. The van der Waals surface area contributed by atoms with Gasteiger partial charge in [-0.2, -0.15) is 0 Å². The van der Waals surface area contributed by atoms with Crippen LogP contribution in [-0.4, -0.2) is 45.8 Å². The minimum atomic E-state index is -1.17. The number of rotatable bonds is 2. The normalized spacial score (nSPS) is 29.3. The van der Waals surface area contributed by atoms with Gasteiger partial charge < -0.3 is 25.2 Å². The molecule has 1 aliphatic heterocycles. The number of carboxylic acids is 1. The summed E-state index contributed by atoms with van der Waals surface area (Å²) in [4.78, 5) is 12.5. The van der Waals surface area contributed by atoms with Crippen LogP contribution in [0, 0.1) is 0 Å². The van der Waals surface area contributed by atoms with Gasteiger partial charge >= 0.3 is 0 Å². The molecule has 0 spiro atoms. The molecule has 2 fully saturated rings. The Labute approximate surface area is 112 Å². The number of likely N-dealkylation sites (tertiary alicyclic amines) is 1. The third-order valence-corrected chi connectivity index (χ3v) is 4.10.